The number of aromatic nitrogens is 2. The summed E-state index contributed by atoms with van der Waals surface area (Å²) in [6, 6.07) is 7.86. The van der Waals surface area contributed by atoms with E-state index >= 15 is 0 Å². The van der Waals surface area contributed by atoms with Gasteiger partial charge in [-0.3, -0.25) is 4.79 Å². The van der Waals surface area contributed by atoms with E-state index in [2.05, 4.69) is 22.2 Å². The summed E-state index contributed by atoms with van der Waals surface area (Å²) in [7, 11) is 1.66. The first-order valence-corrected chi connectivity index (χ1v) is 9.79. The van der Waals surface area contributed by atoms with E-state index in [1.54, 1.807) is 7.11 Å². The predicted molar refractivity (Wildman–Crippen MR) is 104 cm³/mol. The SMILES string of the molecule is COc1cccc(-n2cc([C@@H](C)N3CC4(CCNCC4)CCC3=O)cn2)c1. The highest BCUT2D eigenvalue weighted by Gasteiger charge is 2.41. The second-order valence-electron chi connectivity index (χ2n) is 7.87. The van der Waals surface area contributed by atoms with Crippen LogP contribution in [0.3, 0.4) is 0 Å². The highest BCUT2D eigenvalue weighted by molar-refractivity contribution is 5.77. The Balaban J connectivity index is 1.54. The Morgan fingerprint density at radius 3 is 2.85 bits per heavy atom. The van der Waals surface area contributed by atoms with Crippen molar-refractivity contribution in [1.82, 2.24) is 20.0 Å². The minimum absolute atomic E-state index is 0.0314. The number of nitrogens with one attached hydrogen (secondary N) is 1. The van der Waals surface area contributed by atoms with Crippen LogP contribution in [0.5, 0.6) is 5.75 Å². The lowest BCUT2D eigenvalue weighted by Gasteiger charge is -2.47. The Hall–Kier alpha value is -2.34. The van der Waals surface area contributed by atoms with Gasteiger partial charge in [-0.2, -0.15) is 5.10 Å². The van der Waals surface area contributed by atoms with Gasteiger partial charge < -0.3 is 15.0 Å². The fraction of sp³-hybridized carbons (Fsp3) is 0.524. The van der Waals surface area contributed by atoms with Crippen LogP contribution in [0, 0.1) is 5.41 Å². The maximum Gasteiger partial charge on any atom is 0.223 e. The van der Waals surface area contributed by atoms with Gasteiger partial charge in [0.05, 0.1) is 25.0 Å². The summed E-state index contributed by atoms with van der Waals surface area (Å²) in [6.07, 6.45) is 7.91. The zero-order chi connectivity index (χ0) is 18.9. The van der Waals surface area contributed by atoms with Crippen LogP contribution in [0.2, 0.25) is 0 Å². The standard InChI is InChI=1S/C21H28N4O2/c1-16(24-15-21(7-6-20(24)26)8-10-22-11-9-21)17-13-23-25(14-17)18-4-3-5-19(12-18)27-2/h3-5,12-14,16,22H,6-11,15H2,1-2H3/t16-/m1/s1. The molecule has 0 saturated carbocycles. The number of ether oxygens (including phenoxy) is 1. The third kappa shape index (κ3) is 3.58. The predicted octanol–water partition coefficient (Wildman–Crippen LogP) is 2.93. The highest BCUT2D eigenvalue weighted by Crippen LogP contribution is 2.41. The minimum Gasteiger partial charge on any atom is -0.497 e. The van der Waals surface area contributed by atoms with Crippen LogP contribution in [0.4, 0.5) is 0 Å². The number of amides is 1. The molecule has 0 unspecified atom stereocenters. The second-order valence-corrected chi connectivity index (χ2v) is 7.87. The number of hydrogen-bond acceptors (Lipinski definition) is 4. The van der Waals surface area contributed by atoms with Crippen molar-refractivity contribution in [3.05, 3.63) is 42.2 Å². The van der Waals surface area contributed by atoms with Gasteiger partial charge >= 0.3 is 0 Å². The number of benzene rings is 1. The average Bonchev–Trinajstić information content (AvgIpc) is 3.20. The zero-order valence-corrected chi connectivity index (χ0v) is 16.1. The summed E-state index contributed by atoms with van der Waals surface area (Å²) in [4.78, 5) is 14.7. The molecule has 1 atom stereocenters. The molecule has 6 heteroatoms. The van der Waals surface area contributed by atoms with E-state index in [9.17, 15) is 4.79 Å². The quantitative estimate of drug-likeness (QED) is 0.901. The van der Waals surface area contributed by atoms with Crippen LogP contribution in [-0.4, -0.2) is 47.3 Å². The van der Waals surface area contributed by atoms with Crippen molar-refractivity contribution in [2.75, 3.05) is 26.7 Å². The van der Waals surface area contributed by atoms with Gasteiger partial charge in [0.2, 0.25) is 5.91 Å². The highest BCUT2D eigenvalue weighted by atomic mass is 16.5. The molecule has 1 aromatic heterocycles. The number of hydrogen-bond donors (Lipinski definition) is 1. The minimum atomic E-state index is 0.0314. The number of piperidine rings is 2. The molecule has 0 bridgehead atoms. The zero-order valence-electron chi connectivity index (χ0n) is 16.1. The first kappa shape index (κ1) is 18.0. The third-order valence-electron chi connectivity index (χ3n) is 6.23. The molecule has 27 heavy (non-hydrogen) atoms. The Morgan fingerprint density at radius 1 is 1.26 bits per heavy atom. The van der Waals surface area contributed by atoms with Gasteiger partial charge in [0.15, 0.2) is 0 Å². The largest absolute Gasteiger partial charge is 0.497 e. The number of nitrogens with zero attached hydrogens (tertiary/aromatic N) is 3. The van der Waals surface area contributed by atoms with Gasteiger partial charge in [0.1, 0.15) is 5.75 Å². The van der Waals surface area contributed by atoms with E-state index in [-0.39, 0.29) is 17.4 Å². The van der Waals surface area contributed by atoms with E-state index in [0.717, 1.165) is 55.9 Å². The summed E-state index contributed by atoms with van der Waals surface area (Å²) < 4.78 is 7.15. The maximum absolute atomic E-state index is 12.7. The molecule has 2 aromatic rings. The number of likely N-dealkylation sites (tertiary alicyclic amines) is 1. The van der Waals surface area contributed by atoms with Gasteiger partial charge in [0, 0.05) is 30.8 Å². The molecular formula is C21H28N4O2. The lowest BCUT2D eigenvalue weighted by atomic mass is 9.72. The molecule has 2 aliphatic heterocycles. The molecule has 2 fully saturated rings. The summed E-state index contributed by atoms with van der Waals surface area (Å²) >= 11 is 0. The fourth-order valence-electron chi connectivity index (χ4n) is 4.39. The molecule has 1 N–H and O–H groups in total. The van der Waals surface area contributed by atoms with Gasteiger partial charge in [-0.05, 0) is 56.8 Å². The lowest BCUT2D eigenvalue weighted by Crippen LogP contribution is -2.51. The number of methoxy groups -OCH3 is 1. The van der Waals surface area contributed by atoms with E-state index in [1.807, 2.05) is 41.3 Å². The van der Waals surface area contributed by atoms with E-state index < -0.39 is 0 Å². The van der Waals surface area contributed by atoms with Gasteiger partial charge in [-0.25, -0.2) is 4.68 Å². The first-order chi connectivity index (χ1) is 13.1. The first-order valence-electron chi connectivity index (χ1n) is 9.79. The van der Waals surface area contributed by atoms with Crippen molar-refractivity contribution in [3.8, 4) is 11.4 Å². The Bertz CT molecular complexity index is 810. The molecule has 1 aromatic carbocycles. The molecular weight excluding hydrogens is 340 g/mol. The van der Waals surface area contributed by atoms with E-state index in [0.29, 0.717) is 6.42 Å². The van der Waals surface area contributed by atoms with Crippen LogP contribution in [0.25, 0.3) is 5.69 Å². The van der Waals surface area contributed by atoms with Crippen molar-refractivity contribution < 1.29 is 9.53 Å². The summed E-state index contributed by atoms with van der Waals surface area (Å²) in [6.45, 7) is 5.10. The number of rotatable bonds is 4. The van der Waals surface area contributed by atoms with Crippen LogP contribution < -0.4 is 10.1 Å². The average molecular weight is 368 g/mol. The molecule has 144 valence electrons. The van der Waals surface area contributed by atoms with Gasteiger partial charge in [-0.1, -0.05) is 6.07 Å². The maximum atomic E-state index is 12.7. The molecule has 4 rings (SSSR count). The number of carbonyl (C=O) groups is 1. The monoisotopic (exact) mass is 368 g/mol. The topological polar surface area (TPSA) is 59.4 Å². The van der Waals surface area contributed by atoms with Crippen LogP contribution >= 0.6 is 0 Å². The Labute approximate surface area is 160 Å². The van der Waals surface area contributed by atoms with Crippen molar-refractivity contribution >= 4 is 5.91 Å². The molecule has 2 aliphatic rings. The Morgan fingerprint density at radius 2 is 2.07 bits per heavy atom. The third-order valence-corrected chi connectivity index (χ3v) is 6.23. The van der Waals surface area contributed by atoms with Gasteiger partial charge in [-0.15, -0.1) is 0 Å². The molecule has 1 spiro atoms. The smallest absolute Gasteiger partial charge is 0.223 e. The summed E-state index contributed by atoms with van der Waals surface area (Å²) in [5.41, 5.74) is 2.31. The van der Waals surface area contributed by atoms with Gasteiger partial charge in [0.25, 0.3) is 0 Å². The lowest BCUT2D eigenvalue weighted by molar-refractivity contribution is -0.141. The molecule has 1 amide bonds. The molecule has 0 aliphatic carbocycles. The summed E-state index contributed by atoms with van der Waals surface area (Å²) in [5, 5.41) is 7.97. The normalized spacial score (nSPS) is 20.7. The second kappa shape index (κ2) is 7.35. The van der Waals surface area contributed by atoms with Crippen LogP contribution in [-0.2, 0) is 4.79 Å². The van der Waals surface area contributed by atoms with Crippen molar-refractivity contribution in [1.29, 1.82) is 0 Å². The fourth-order valence-corrected chi connectivity index (χ4v) is 4.39. The Kier molecular flexibility index (Phi) is 4.91. The van der Waals surface area contributed by atoms with Crippen molar-refractivity contribution in [3.63, 3.8) is 0 Å². The molecule has 2 saturated heterocycles. The van der Waals surface area contributed by atoms with Crippen LogP contribution in [0.1, 0.15) is 44.2 Å². The molecule has 6 nitrogen and oxygen atoms in total. The van der Waals surface area contributed by atoms with E-state index in [4.69, 9.17) is 4.74 Å². The van der Waals surface area contributed by atoms with Crippen molar-refractivity contribution in [2.45, 2.75) is 38.6 Å². The summed E-state index contributed by atoms with van der Waals surface area (Å²) in [5.74, 6) is 1.07. The van der Waals surface area contributed by atoms with Crippen molar-refractivity contribution in [2.24, 2.45) is 5.41 Å². The number of carbonyl (C=O) groups excluding carboxylic acids is 1. The van der Waals surface area contributed by atoms with E-state index in [1.165, 1.54) is 0 Å². The van der Waals surface area contributed by atoms with Crippen LogP contribution in [0.15, 0.2) is 36.7 Å². The molecule has 3 heterocycles. The molecule has 0 radical (unpaired) electrons.